The Hall–Kier alpha value is -2.82. The molecule has 0 unspecified atom stereocenters. The normalized spacial score (nSPS) is 10.6. The van der Waals surface area contributed by atoms with Crippen LogP contribution < -0.4 is 14.8 Å². The van der Waals surface area contributed by atoms with Crippen LogP contribution in [-0.2, 0) is 6.54 Å². The van der Waals surface area contributed by atoms with Crippen molar-refractivity contribution in [3.05, 3.63) is 60.0 Å². The number of halogens is 1. The molecule has 118 valence electrons. The van der Waals surface area contributed by atoms with E-state index < -0.39 is 0 Å². The third kappa shape index (κ3) is 3.04. The lowest BCUT2D eigenvalue weighted by Crippen LogP contribution is -2.04. The van der Waals surface area contributed by atoms with Gasteiger partial charge in [-0.1, -0.05) is 18.2 Å². The molecule has 1 heterocycles. The Morgan fingerprint density at radius 1 is 1.04 bits per heavy atom. The predicted octanol–water partition coefficient (Wildman–Crippen LogP) is 4.00. The third-order valence-corrected chi connectivity index (χ3v) is 3.68. The lowest BCUT2D eigenvalue weighted by atomic mass is 10.1. The van der Waals surface area contributed by atoms with Gasteiger partial charge < -0.3 is 14.8 Å². The van der Waals surface area contributed by atoms with Crippen LogP contribution in [0.25, 0.3) is 10.8 Å². The molecule has 0 bridgehead atoms. The van der Waals surface area contributed by atoms with Gasteiger partial charge in [0, 0.05) is 35.1 Å². The first-order chi connectivity index (χ1) is 11.2. The molecule has 1 aromatic heterocycles. The minimum atomic E-state index is -0.240. The Bertz CT molecular complexity index is 836. The van der Waals surface area contributed by atoms with Crippen LogP contribution in [0.2, 0.25) is 0 Å². The van der Waals surface area contributed by atoms with Crippen LogP contribution in [0.4, 0.5) is 10.2 Å². The fraction of sp³-hybridized carbons (Fsp3) is 0.167. The van der Waals surface area contributed by atoms with Crippen LogP contribution in [0, 0.1) is 5.82 Å². The highest BCUT2D eigenvalue weighted by Crippen LogP contribution is 2.34. The molecule has 4 nitrogen and oxygen atoms in total. The van der Waals surface area contributed by atoms with Crippen LogP contribution in [0.1, 0.15) is 5.56 Å². The summed E-state index contributed by atoms with van der Waals surface area (Å²) in [6, 6.07) is 12.3. The molecule has 0 fully saturated rings. The van der Waals surface area contributed by atoms with Crippen molar-refractivity contribution in [2.45, 2.75) is 6.54 Å². The number of nitrogens with one attached hydrogen (secondary N) is 1. The summed E-state index contributed by atoms with van der Waals surface area (Å²) < 4.78 is 24.5. The Morgan fingerprint density at radius 3 is 2.61 bits per heavy atom. The fourth-order valence-corrected chi connectivity index (χ4v) is 2.47. The van der Waals surface area contributed by atoms with Gasteiger partial charge in [0.25, 0.3) is 0 Å². The molecular weight excluding hydrogens is 295 g/mol. The Balaban J connectivity index is 1.99. The Labute approximate surface area is 133 Å². The summed E-state index contributed by atoms with van der Waals surface area (Å²) in [5, 5.41) is 4.96. The van der Waals surface area contributed by atoms with E-state index in [2.05, 4.69) is 10.3 Å². The molecule has 5 heteroatoms. The molecule has 1 N–H and O–H groups in total. The zero-order valence-corrected chi connectivity index (χ0v) is 13.0. The van der Waals surface area contributed by atoms with Crippen molar-refractivity contribution in [1.82, 2.24) is 4.98 Å². The van der Waals surface area contributed by atoms with E-state index in [1.54, 1.807) is 32.5 Å². The molecule has 0 saturated heterocycles. The maximum Gasteiger partial charge on any atom is 0.134 e. The summed E-state index contributed by atoms with van der Waals surface area (Å²) in [4.78, 5) is 4.36. The monoisotopic (exact) mass is 312 g/mol. The maximum absolute atomic E-state index is 13.7. The zero-order chi connectivity index (χ0) is 16.2. The fourth-order valence-electron chi connectivity index (χ4n) is 2.47. The van der Waals surface area contributed by atoms with Crippen LogP contribution in [-0.4, -0.2) is 19.2 Å². The summed E-state index contributed by atoms with van der Waals surface area (Å²) in [6.45, 7) is 0.346. The highest BCUT2D eigenvalue weighted by atomic mass is 19.1. The van der Waals surface area contributed by atoms with E-state index in [0.29, 0.717) is 29.4 Å². The van der Waals surface area contributed by atoms with E-state index >= 15 is 0 Å². The van der Waals surface area contributed by atoms with Gasteiger partial charge in [-0.2, -0.15) is 0 Å². The number of ether oxygens (including phenoxy) is 2. The van der Waals surface area contributed by atoms with Gasteiger partial charge in [0.15, 0.2) is 0 Å². The van der Waals surface area contributed by atoms with Crippen molar-refractivity contribution in [3.63, 3.8) is 0 Å². The summed E-state index contributed by atoms with van der Waals surface area (Å²) in [5.74, 6) is 1.80. The van der Waals surface area contributed by atoms with Crippen molar-refractivity contribution in [2.24, 2.45) is 0 Å². The number of fused-ring (bicyclic) bond motifs is 1. The van der Waals surface area contributed by atoms with Gasteiger partial charge in [-0.25, -0.2) is 9.37 Å². The first kappa shape index (κ1) is 15.1. The number of hydrogen-bond acceptors (Lipinski definition) is 4. The quantitative estimate of drug-likeness (QED) is 0.773. The lowest BCUT2D eigenvalue weighted by molar-refractivity contribution is 0.398. The van der Waals surface area contributed by atoms with E-state index in [0.717, 1.165) is 10.8 Å². The van der Waals surface area contributed by atoms with Gasteiger partial charge in [-0.05, 0) is 18.2 Å². The Morgan fingerprint density at radius 2 is 1.87 bits per heavy atom. The number of nitrogens with zero attached hydrogens (tertiary/aromatic N) is 1. The number of anilines is 1. The molecule has 0 saturated carbocycles. The second-order valence-electron chi connectivity index (χ2n) is 5.03. The highest BCUT2D eigenvalue weighted by Gasteiger charge is 2.10. The van der Waals surface area contributed by atoms with Crippen LogP contribution in [0.15, 0.2) is 48.7 Å². The van der Waals surface area contributed by atoms with Gasteiger partial charge in [-0.15, -0.1) is 0 Å². The number of benzene rings is 2. The highest BCUT2D eigenvalue weighted by molar-refractivity contribution is 5.97. The second-order valence-corrected chi connectivity index (χ2v) is 5.03. The van der Waals surface area contributed by atoms with E-state index in [4.69, 9.17) is 9.47 Å². The molecular formula is C18H17FN2O2. The van der Waals surface area contributed by atoms with Gasteiger partial charge in [-0.3, -0.25) is 0 Å². The molecule has 23 heavy (non-hydrogen) atoms. The minimum Gasteiger partial charge on any atom is -0.497 e. The maximum atomic E-state index is 13.7. The molecule has 0 amide bonds. The molecule has 0 aliphatic carbocycles. The van der Waals surface area contributed by atoms with Crippen LogP contribution in [0.3, 0.4) is 0 Å². The molecule has 0 spiro atoms. The number of hydrogen-bond donors (Lipinski definition) is 1. The van der Waals surface area contributed by atoms with E-state index in [1.807, 2.05) is 24.3 Å². The standard InChI is InChI=1S/C18H17FN2O2/c1-22-13-9-15-14(17(10-13)23-2)7-8-20-18(15)21-11-12-5-3-4-6-16(12)19/h3-10H,11H2,1-2H3,(H,20,21). The summed E-state index contributed by atoms with van der Waals surface area (Å²) >= 11 is 0. The average molecular weight is 312 g/mol. The van der Waals surface area contributed by atoms with E-state index in [9.17, 15) is 4.39 Å². The number of methoxy groups -OCH3 is 2. The van der Waals surface area contributed by atoms with Crippen LogP contribution in [0.5, 0.6) is 11.5 Å². The largest absolute Gasteiger partial charge is 0.497 e. The zero-order valence-electron chi connectivity index (χ0n) is 13.0. The number of pyridine rings is 1. The number of rotatable bonds is 5. The molecule has 3 aromatic rings. The van der Waals surface area contributed by atoms with E-state index in [1.165, 1.54) is 6.07 Å². The van der Waals surface area contributed by atoms with Gasteiger partial charge in [0.2, 0.25) is 0 Å². The predicted molar refractivity (Wildman–Crippen MR) is 88.6 cm³/mol. The van der Waals surface area contributed by atoms with Gasteiger partial charge >= 0.3 is 0 Å². The van der Waals surface area contributed by atoms with Crippen molar-refractivity contribution in [3.8, 4) is 11.5 Å². The summed E-state index contributed by atoms with van der Waals surface area (Å²) in [5.41, 5.74) is 0.584. The first-order valence-corrected chi connectivity index (χ1v) is 7.21. The summed E-state index contributed by atoms with van der Waals surface area (Å²) in [6.07, 6.45) is 1.70. The molecule has 0 atom stereocenters. The van der Waals surface area contributed by atoms with Crippen molar-refractivity contribution >= 4 is 16.6 Å². The summed E-state index contributed by atoms with van der Waals surface area (Å²) in [7, 11) is 3.21. The molecule has 3 rings (SSSR count). The third-order valence-electron chi connectivity index (χ3n) is 3.68. The van der Waals surface area contributed by atoms with E-state index in [-0.39, 0.29) is 5.82 Å². The molecule has 0 aliphatic heterocycles. The molecule has 0 radical (unpaired) electrons. The van der Waals surface area contributed by atoms with Crippen LogP contribution >= 0.6 is 0 Å². The van der Waals surface area contributed by atoms with Crippen molar-refractivity contribution in [1.29, 1.82) is 0 Å². The van der Waals surface area contributed by atoms with Gasteiger partial charge in [0.05, 0.1) is 14.2 Å². The smallest absolute Gasteiger partial charge is 0.134 e. The van der Waals surface area contributed by atoms with Crippen molar-refractivity contribution in [2.75, 3.05) is 19.5 Å². The lowest BCUT2D eigenvalue weighted by Gasteiger charge is -2.13. The molecule has 2 aromatic carbocycles. The Kier molecular flexibility index (Phi) is 4.28. The second kappa shape index (κ2) is 6.52. The SMILES string of the molecule is COc1cc(OC)c2ccnc(NCc3ccccc3F)c2c1. The average Bonchev–Trinajstić information content (AvgIpc) is 2.60. The first-order valence-electron chi connectivity index (χ1n) is 7.21. The molecule has 0 aliphatic rings. The van der Waals surface area contributed by atoms with Crippen molar-refractivity contribution < 1.29 is 13.9 Å². The topological polar surface area (TPSA) is 43.4 Å². The minimum absolute atomic E-state index is 0.240. The van der Waals surface area contributed by atoms with Gasteiger partial charge in [0.1, 0.15) is 23.1 Å². The number of aromatic nitrogens is 1.